The molecule has 1 aliphatic carbocycles. The zero-order chi connectivity index (χ0) is 21.9. The van der Waals surface area contributed by atoms with Gasteiger partial charge in [0.25, 0.3) is 0 Å². The second-order valence-corrected chi connectivity index (χ2v) is 9.52. The van der Waals surface area contributed by atoms with Gasteiger partial charge in [0.05, 0.1) is 0 Å². The molecule has 0 fully saturated rings. The molecule has 0 amide bonds. The monoisotopic (exact) mass is 406 g/mol. The Morgan fingerprint density at radius 3 is 2.23 bits per heavy atom. The fourth-order valence-electron chi connectivity index (χ4n) is 4.27. The van der Waals surface area contributed by atoms with E-state index >= 15 is 0 Å². The van der Waals surface area contributed by atoms with Crippen LogP contribution in [0.2, 0.25) is 0 Å². The van der Waals surface area contributed by atoms with Gasteiger partial charge >= 0.3 is 5.97 Å². The summed E-state index contributed by atoms with van der Waals surface area (Å²) in [6.45, 7) is 9.31. The second-order valence-electron chi connectivity index (χ2n) is 9.52. The first-order valence-corrected chi connectivity index (χ1v) is 10.6. The number of carboxylic acid groups (broad SMARTS) is 1. The summed E-state index contributed by atoms with van der Waals surface area (Å²) >= 11 is 0. The van der Waals surface area contributed by atoms with Crippen molar-refractivity contribution in [1.29, 1.82) is 0 Å². The van der Waals surface area contributed by atoms with Crippen LogP contribution in [0.5, 0.6) is 0 Å². The Hall–Kier alpha value is -2.68. The van der Waals surface area contributed by atoms with E-state index in [2.05, 4.69) is 45.9 Å². The van der Waals surface area contributed by atoms with Crippen molar-refractivity contribution in [2.75, 3.05) is 0 Å². The summed E-state index contributed by atoms with van der Waals surface area (Å²) in [4.78, 5) is 11.0. The molecule has 0 bridgehead atoms. The van der Waals surface area contributed by atoms with Crippen LogP contribution in [0, 0.1) is 5.82 Å². The maximum Gasteiger partial charge on any atom is 0.328 e. The zero-order valence-electron chi connectivity index (χ0n) is 18.3. The molecule has 3 rings (SSSR count). The van der Waals surface area contributed by atoms with E-state index in [9.17, 15) is 9.18 Å². The molecule has 0 saturated heterocycles. The standard InChI is InChI=1S/C27H31FO2/c1-26(2)16-17-27(3,4)24-18-19(8-14-23(24)26)6-5-7-20(11-15-25(29)30)21-9-12-22(28)13-10-21/h7-15,18H,5-6,16-17H2,1-4H3,(H,29,30)/b15-11-,20-7-. The van der Waals surface area contributed by atoms with Crippen molar-refractivity contribution >= 4 is 11.5 Å². The smallest absolute Gasteiger partial charge is 0.328 e. The molecule has 158 valence electrons. The minimum Gasteiger partial charge on any atom is -0.478 e. The molecular formula is C27H31FO2. The second kappa shape index (κ2) is 8.59. The molecule has 3 heteroatoms. The number of hydrogen-bond donors (Lipinski definition) is 1. The number of rotatable bonds is 6. The molecule has 0 unspecified atom stereocenters. The van der Waals surface area contributed by atoms with Crippen molar-refractivity contribution in [3.8, 4) is 0 Å². The third-order valence-electron chi connectivity index (χ3n) is 6.30. The van der Waals surface area contributed by atoms with Crippen LogP contribution >= 0.6 is 0 Å². The first kappa shape index (κ1) is 22.0. The van der Waals surface area contributed by atoms with Gasteiger partial charge in [0.15, 0.2) is 0 Å². The van der Waals surface area contributed by atoms with Crippen molar-refractivity contribution in [2.24, 2.45) is 0 Å². The number of carbonyl (C=O) groups is 1. The summed E-state index contributed by atoms with van der Waals surface area (Å²) in [5.41, 5.74) is 6.18. The van der Waals surface area contributed by atoms with E-state index < -0.39 is 5.97 Å². The fraction of sp³-hybridized carbons (Fsp3) is 0.370. The maximum absolute atomic E-state index is 13.3. The van der Waals surface area contributed by atoms with Gasteiger partial charge in [0.2, 0.25) is 0 Å². The number of halogens is 1. The van der Waals surface area contributed by atoms with Crippen LogP contribution in [0.3, 0.4) is 0 Å². The molecule has 1 N–H and O–H groups in total. The average Bonchev–Trinajstić information content (AvgIpc) is 2.69. The van der Waals surface area contributed by atoms with Gasteiger partial charge in [-0.25, -0.2) is 9.18 Å². The third-order valence-corrected chi connectivity index (χ3v) is 6.30. The van der Waals surface area contributed by atoms with Gasteiger partial charge in [-0.15, -0.1) is 0 Å². The summed E-state index contributed by atoms with van der Waals surface area (Å²) in [6.07, 6.45) is 8.76. The molecule has 0 aliphatic heterocycles. The average molecular weight is 407 g/mol. The summed E-state index contributed by atoms with van der Waals surface area (Å²) < 4.78 is 13.3. The van der Waals surface area contributed by atoms with Crippen LogP contribution in [-0.2, 0) is 22.0 Å². The summed E-state index contributed by atoms with van der Waals surface area (Å²) in [5.74, 6) is -1.30. The predicted molar refractivity (Wildman–Crippen MR) is 121 cm³/mol. The van der Waals surface area contributed by atoms with Crippen LogP contribution in [0.15, 0.2) is 60.7 Å². The van der Waals surface area contributed by atoms with Crippen molar-refractivity contribution in [3.63, 3.8) is 0 Å². The fourth-order valence-corrected chi connectivity index (χ4v) is 4.27. The number of aliphatic carboxylic acids is 1. The highest BCUT2D eigenvalue weighted by Gasteiger charge is 2.36. The molecule has 2 aromatic rings. The van der Waals surface area contributed by atoms with Gasteiger partial charge < -0.3 is 5.11 Å². The molecule has 0 spiro atoms. The Bertz CT molecular complexity index is 978. The molecule has 0 saturated carbocycles. The van der Waals surface area contributed by atoms with Crippen molar-refractivity contribution < 1.29 is 14.3 Å². The number of aryl methyl sites for hydroxylation is 1. The number of carboxylic acids is 1. The van der Waals surface area contributed by atoms with Crippen molar-refractivity contribution in [2.45, 2.75) is 64.2 Å². The molecule has 2 nitrogen and oxygen atoms in total. The molecule has 30 heavy (non-hydrogen) atoms. The number of hydrogen-bond acceptors (Lipinski definition) is 1. The minimum atomic E-state index is -0.998. The Balaban J connectivity index is 1.83. The van der Waals surface area contributed by atoms with E-state index in [0.29, 0.717) is 0 Å². The lowest BCUT2D eigenvalue weighted by Crippen LogP contribution is -2.33. The normalized spacial score (nSPS) is 17.7. The van der Waals surface area contributed by atoms with Gasteiger partial charge in [-0.3, -0.25) is 0 Å². The summed E-state index contributed by atoms with van der Waals surface area (Å²) in [7, 11) is 0. The van der Waals surface area contributed by atoms with Gasteiger partial charge in [-0.2, -0.15) is 0 Å². The SMILES string of the molecule is CC1(C)CCC(C)(C)c2cc(CC/C=C(/C=C\C(=O)O)c3ccc(F)cc3)ccc21. The van der Waals surface area contributed by atoms with E-state index in [1.54, 1.807) is 18.2 Å². The van der Waals surface area contributed by atoms with Gasteiger partial charge in [0.1, 0.15) is 5.82 Å². The van der Waals surface area contributed by atoms with Crippen LogP contribution in [0.4, 0.5) is 4.39 Å². The highest BCUT2D eigenvalue weighted by Crippen LogP contribution is 2.45. The maximum atomic E-state index is 13.3. The predicted octanol–water partition coefficient (Wildman–Crippen LogP) is 6.83. The first-order chi connectivity index (χ1) is 14.1. The molecule has 0 radical (unpaired) electrons. The van der Waals surface area contributed by atoms with E-state index in [0.717, 1.165) is 30.1 Å². The Morgan fingerprint density at radius 2 is 1.60 bits per heavy atom. The van der Waals surface area contributed by atoms with Crippen molar-refractivity contribution in [1.82, 2.24) is 0 Å². The Kier molecular flexibility index (Phi) is 6.30. The Morgan fingerprint density at radius 1 is 0.967 bits per heavy atom. The largest absolute Gasteiger partial charge is 0.478 e. The van der Waals surface area contributed by atoms with Gasteiger partial charge in [-0.1, -0.05) is 64.1 Å². The van der Waals surface area contributed by atoms with E-state index in [-0.39, 0.29) is 16.6 Å². The molecule has 0 heterocycles. The minimum absolute atomic E-state index is 0.181. The topological polar surface area (TPSA) is 37.3 Å². The van der Waals surface area contributed by atoms with Gasteiger partial charge in [-0.05, 0) is 82.5 Å². The van der Waals surface area contributed by atoms with E-state index in [4.69, 9.17) is 5.11 Å². The summed E-state index contributed by atoms with van der Waals surface area (Å²) in [6, 6.07) is 13.0. The summed E-state index contributed by atoms with van der Waals surface area (Å²) in [5, 5.41) is 8.99. The van der Waals surface area contributed by atoms with Crippen LogP contribution in [0.1, 0.15) is 69.2 Å². The molecule has 0 atom stereocenters. The molecule has 1 aliphatic rings. The van der Waals surface area contributed by atoms with Crippen molar-refractivity contribution in [3.05, 3.63) is 88.8 Å². The number of allylic oxidation sites excluding steroid dienone is 3. The molecule has 2 aromatic carbocycles. The quantitative estimate of drug-likeness (QED) is 0.421. The van der Waals surface area contributed by atoms with E-state index in [1.807, 2.05) is 6.08 Å². The molecule has 0 aromatic heterocycles. The highest BCUT2D eigenvalue weighted by atomic mass is 19.1. The number of benzene rings is 2. The highest BCUT2D eigenvalue weighted by molar-refractivity contribution is 5.85. The molecular weight excluding hydrogens is 375 g/mol. The zero-order valence-corrected chi connectivity index (χ0v) is 18.3. The lowest BCUT2D eigenvalue weighted by molar-refractivity contribution is -0.131. The Labute approximate surface area is 179 Å². The van der Waals surface area contributed by atoms with Crippen LogP contribution < -0.4 is 0 Å². The third kappa shape index (κ3) is 5.08. The van der Waals surface area contributed by atoms with Crippen LogP contribution in [0.25, 0.3) is 5.57 Å². The van der Waals surface area contributed by atoms with E-state index in [1.165, 1.54) is 41.7 Å². The number of fused-ring (bicyclic) bond motifs is 1. The van der Waals surface area contributed by atoms with Gasteiger partial charge in [0, 0.05) is 6.08 Å². The lowest BCUT2D eigenvalue weighted by Gasteiger charge is -2.42. The van der Waals surface area contributed by atoms with Crippen LogP contribution in [-0.4, -0.2) is 11.1 Å². The first-order valence-electron chi connectivity index (χ1n) is 10.6. The lowest BCUT2D eigenvalue weighted by atomic mass is 9.63.